The first-order valence-corrected chi connectivity index (χ1v) is 4.77. The van der Waals surface area contributed by atoms with E-state index < -0.39 is 0 Å². The van der Waals surface area contributed by atoms with Gasteiger partial charge < -0.3 is 0 Å². The molecule has 2 nitrogen and oxygen atoms in total. The van der Waals surface area contributed by atoms with Crippen molar-refractivity contribution in [1.29, 1.82) is 0 Å². The second-order valence-corrected chi connectivity index (χ2v) is 3.49. The molecule has 0 unspecified atom stereocenters. The SMILES string of the molecule is [Se]c1ccccc1-c1ncccn1. The number of nitrogens with zero attached hydrogens (tertiary/aromatic N) is 2. The molecule has 0 amide bonds. The number of benzene rings is 1. The Morgan fingerprint density at radius 1 is 0.923 bits per heavy atom. The summed E-state index contributed by atoms with van der Waals surface area (Å²) in [5.74, 6) is 0.761. The van der Waals surface area contributed by atoms with E-state index in [0.29, 0.717) is 0 Å². The molecule has 1 aromatic carbocycles. The van der Waals surface area contributed by atoms with Gasteiger partial charge in [-0.3, -0.25) is 0 Å². The van der Waals surface area contributed by atoms with Gasteiger partial charge in [-0.1, -0.05) is 0 Å². The second-order valence-electron chi connectivity index (χ2n) is 2.57. The van der Waals surface area contributed by atoms with Gasteiger partial charge in [0.15, 0.2) is 0 Å². The van der Waals surface area contributed by atoms with E-state index in [2.05, 4.69) is 26.0 Å². The van der Waals surface area contributed by atoms with Crippen LogP contribution in [0.2, 0.25) is 0 Å². The fourth-order valence-corrected chi connectivity index (χ4v) is 1.59. The molecule has 1 radical (unpaired) electrons. The monoisotopic (exact) mass is 235 g/mol. The van der Waals surface area contributed by atoms with Gasteiger partial charge >= 0.3 is 84.6 Å². The molecule has 2 rings (SSSR count). The summed E-state index contributed by atoms with van der Waals surface area (Å²) in [5, 5.41) is 0. The Kier molecular flexibility index (Phi) is 2.39. The molecule has 63 valence electrons. The van der Waals surface area contributed by atoms with Gasteiger partial charge in [-0.15, -0.1) is 0 Å². The Labute approximate surface area is 84.9 Å². The van der Waals surface area contributed by atoms with Crippen molar-refractivity contribution in [2.45, 2.75) is 0 Å². The van der Waals surface area contributed by atoms with Crippen LogP contribution in [0.5, 0.6) is 0 Å². The van der Waals surface area contributed by atoms with Gasteiger partial charge in [0, 0.05) is 0 Å². The third-order valence-electron chi connectivity index (χ3n) is 1.69. The summed E-state index contributed by atoms with van der Waals surface area (Å²) < 4.78 is 1.08. The van der Waals surface area contributed by atoms with E-state index in [9.17, 15) is 0 Å². The maximum atomic E-state index is 4.18. The van der Waals surface area contributed by atoms with Gasteiger partial charge in [-0.25, -0.2) is 0 Å². The molecule has 2 aromatic rings. The van der Waals surface area contributed by atoms with E-state index in [-0.39, 0.29) is 0 Å². The van der Waals surface area contributed by atoms with E-state index in [1.54, 1.807) is 12.4 Å². The summed E-state index contributed by atoms with van der Waals surface area (Å²) >= 11 is 2.99. The zero-order chi connectivity index (χ0) is 9.10. The Hall–Kier alpha value is -1.18. The number of aromatic nitrogens is 2. The van der Waals surface area contributed by atoms with Gasteiger partial charge in [-0.2, -0.15) is 0 Å². The summed E-state index contributed by atoms with van der Waals surface area (Å²) in [6.07, 6.45) is 3.49. The van der Waals surface area contributed by atoms with E-state index in [0.717, 1.165) is 15.8 Å². The molecular formula is C10H7N2Se. The quantitative estimate of drug-likeness (QED) is 0.686. The third-order valence-corrected chi connectivity index (χ3v) is 2.44. The molecule has 0 saturated carbocycles. The van der Waals surface area contributed by atoms with Gasteiger partial charge in [-0.05, 0) is 0 Å². The van der Waals surface area contributed by atoms with Crippen molar-refractivity contribution in [3.05, 3.63) is 42.7 Å². The molecule has 0 aliphatic heterocycles. The zero-order valence-corrected chi connectivity index (χ0v) is 8.56. The first-order valence-electron chi connectivity index (χ1n) is 3.91. The van der Waals surface area contributed by atoms with Crippen molar-refractivity contribution >= 4 is 20.5 Å². The Morgan fingerprint density at radius 3 is 2.31 bits per heavy atom. The van der Waals surface area contributed by atoms with Crippen molar-refractivity contribution in [1.82, 2.24) is 9.97 Å². The minimum absolute atomic E-state index is 0.761. The van der Waals surface area contributed by atoms with Crippen LogP contribution in [0.15, 0.2) is 42.7 Å². The topological polar surface area (TPSA) is 25.8 Å². The standard InChI is InChI=1S/C10H7N2Se/c13-9-5-2-1-4-8(9)10-11-6-3-7-12-10/h1-7H. The molecule has 0 atom stereocenters. The van der Waals surface area contributed by atoms with Crippen LogP contribution in [0, 0.1) is 0 Å². The Balaban J connectivity index is 2.54. The third kappa shape index (κ3) is 1.77. The molecule has 0 saturated heterocycles. The summed E-state index contributed by atoms with van der Waals surface area (Å²) in [6, 6.07) is 9.78. The van der Waals surface area contributed by atoms with Gasteiger partial charge in [0.2, 0.25) is 0 Å². The van der Waals surface area contributed by atoms with Crippen LogP contribution in [-0.2, 0) is 0 Å². The fourth-order valence-electron chi connectivity index (χ4n) is 1.09. The zero-order valence-electron chi connectivity index (χ0n) is 6.84. The Bertz CT molecular complexity index is 401. The van der Waals surface area contributed by atoms with Crippen LogP contribution in [0.3, 0.4) is 0 Å². The Morgan fingerprint density at radius 2 is 1.62 bits per heavy atom. The molecule has 1 heterocycles. The molecule has 0 spiro atoms. The number of hydrogen-bond donors (Lipinski definition) is 0. The molecule has 0 aliphatic rings. The van der Waals surface area contributed by atoms with Crippen LogP contribution < -0.4 is 4.46 Å². The second kappa shape index (κ2) is 3.69. The predicted molar refractivity (Wildman–Crippen MR) is 52.9 cm³/mol. The molecule has 3 heteroatoms. The number of hydrogen-bond acceptors (Lipinski definition) is 2. The van der Waals surface area contributed by atoms with E-state index in [1.165, 1.54) is 0 Å². The van der Waals surface area contributed by atoms with Crippen molar-refractivity contribution < 1.29 is 0 Å². The van der Waals surface area contributed by atoms with Crippen LogP contribution >= 0.6 is 0 Å². The van der Waals surface area contributed by atoms with Gasteiger partial charge in [0.05, 0.1) is 0 Å². The first-order chi connectivity index (χ1) is 6.38. The molecule has 0 fully saturated rings. The number of rotatable bonds is 1. The summed E-state index contributed by atoms with van der Waals surface area (Å²) in [6.45, 7) is 0. The van der Waals surface area contributed by atoms with Crippen molar-refractivity contribution in [2.75, 3.05) is 0 Å². The van der Waals surface area contributed by atoms with Crippen molar-refractivity contribution in [3.8, 4) is 11.4 Å². The van der Waals surface area contributed by atoms with Gasteiger partial charge in [0.25, 0.3) is 0 Å². The van der Waals surface area contributed by atoms with Crippen molar-refractivity contribution in [3.63, 3.8) is 0 Å². The molecule has 1 aromatic heterocycles. The fraction of sp³-hybridized carbons (Fsp3) is 0. The average Bonchev–Trinajstić information content (AvgIpc) is 2.20. The summed E-state index contributed by atoms with van der Waals surface area (Å²) in [5.41, 5.74) is 1.04. The normalized spacial score (nSPS) is 9.85. The van der Waals surface area contributed by atoms with Crippen LogP contribution in [0.1, 0.15) is 0 Å². The molecule has 0 aliphatic carbocycles. The van der Waals surface area contributed by atoms with Crippen LogP contribution in [0.4, 0.5) is 0 Å². The van der Waals surface area contributed by atoms with E-state index in [4.69, 9.17) is 0 Å². The van der Waals surface area contributed by atoms with E-state index in [1.807, 2.05) is 30.3 Å². The summed E-state index contributed by atoms with van der Waals surface area (Å²) in [4.78, 5) is 8.36. The maximum absolute atomic E-state index is 4.18. The molecular weight excluding hydrogens is 227 g/mol. The van der Waals surface area contributed by atoms with Gasteiger partial charge in [0.1, 0.15) is 0 Å². The van der Waals surface area contributed by atoms with Crippen LogP contribution in [0.25, 0.3) is 11.4 Å². The molecule has 0 N–H and O–H groups in total. The van der Waals surface area contributed by atoms with Crippen LogP contribution in [-0.4, -0.2) is 26.0 Å². The van der Waals surface area contributed by atoms with E-state index >= 15 is 0 Å². The predicted octanol–water partition coefficient (Wildman–Crippen LogP) is 0.937. The first kappa shape index (κ1) is 8.42. The molecule has 0 bridgehead atoms. The van der Waals surface area contributed by atoms with Crippen molar-refractivity contribution in [2.24, 2.45) is 0 Å². The molecule has 13 heavy (non-hydrogen) atoms. The summed E-state index contributed by atoms with van der Waals surface area (Å²) in [7, 11) is 0. The average molecular weight is 234 g/mol. The minimum atomic E-state index is 0.761.